The summed E-state index contributed by atoms with van der Waals surface area (Å²) in [5, 5.41) is 7.93. The number of carbonyl (C=O) groups is 1. The summed E-state index contributed by atoms with van der Waals surface area (Å²) < 4.78 is 1.97. The second-order valence-corrected chi connectivity index (χ2v) is 9.47. The molecule has 2 aromatic heterocycles. The van der Waals surface area contributed by atoms with Gasteiger partial charge >= 0.3 is 0 Å². The molecule has 1 aliphatic heterocycles. The number of aromatic nitrogens is 3. The molecule has 4 rings (SSSR count). The van der Waals surface area contributed by atoms with Crippen molar-refractivity contribution in [3.05, 3.63) is 64.1 Å². The van der Waals surface area contributed by atoms with E-state index in [-0.39, 0.29) is 11.9 Å². The van der Waals surface area contributed by atoms with Crippen LogP contribution < -0.4 is 5.32 Å². The maximum atomic E-state index is 12.1. The van der Waals surface area contributed by atoms with E-state index in [0.29, 0.717) is 18.8 Å². The number of amides is 1. The average molecular weight is 434 g/mol. The van der Waals surface area contributed by atoms with Crippen molar-refractivity contribution in [3.8, 4) is 0 Å². The lowest BCUT2D eigenvalue weighted by atomic mass is 10.1. The summed E-state index contributed by atoms with van der Waals surface area (Å²) in [5.74, 6) is 0.514. The highest BCUT2D eigenvalue weighted by atomic mass is 16.1. The van der Waals surface area contributed by atoms with E-state index in [4.69, 9.17) is 10.1 Å². The number of hydrogen-bond acceptors (Lipinski definition) is 4. The molecule has 1 atom stereocenters. The van der Waals surface area contributed by atoms with E-state index in [9.17, 15) is 4.79 Å². The SMILES string of the molecule is Cc1ccccc1CN1CC[C@H](c2cc3nc(C)c(CCC(=O)NC(C)C)c(C)n3n2)C1. The van der Waals surface area contributed by atoms with Crippen LogP contribution in [0.5, 0.6) is 0 Å². The Balaban J connectivity index is 1.48. The Hall–Kier alpha value is -2.73. The summed E-state index contributed by atoms with van der Waals surface area (Å²) in [7, 11) is 0. The number of likely N-dealkylation sites (tertiary alicyclic amines) is 1. The van der Waals surface area contributed by atoms with E-state index in [1.807, 2.05) is 25.3 Å². The zero-order valence-electron chi connectivity index (χ0n) is 20.0. The molecular formula is C26H35N5O. The molecule has 6 nitrogen and oxygen atoms in total. The molecule has 0 saturated carbocycles. The smallest absolute Gasteiger partial charge is 0.220 e. The second-order valence-electron chi connectivity index (χ2n) is 9.47. The number of fused-ring (bicyclic) bond motifs is 1. The summed E-state index contributed by atoms with van der Waals surface area (Å²) in [6, 6.07) is 11.0. The number of rotatable bonds is 7. The standard InChI is InChI=1S/C26H35N5O/c1-17(2)27-26(32)11-10-23-19(4)28-25-14-24(29-31(25)20(23)5)22-12-13-30(16-22)15-21-9-7-6-8-18(21)3/h6-9,14,17,22H,10-13,15-16H2,1-5H3,(H,27,32)/t22-/m0/s1. The molecule has 1 fully saturated rings. The molecule has 1 amide bonds. The summed E-state index contributed by atoms with van der Waals surface area (Å²) in [5.41, 5.74) is 8.00. The van der Waals surface area contributed by atoms with Crippen molar-refractivity contribution in [2.75, 3.05) is 13.1 Å². The minimum atomic E-state index is 0.0831. The van der Waals surface area contributed by atoms with E-state index in [0.717, 1.165) is 54.3 Å². The van der Waals surface area contributed by atoms with Crippen molar-refractivity contribution in [2.24, 2.45) is 0 Å². The number of nitrogens with one attached hydrogen (secondary N) is 1. The molecule has 32 heavy (non-hydrogen) atoms. The maximum Gasteiger partial charge on any atom is 0.220 e. The van der Waals surface area contributed by atoms with Crippen LogP contribution in [0.1, 0.15) is 66.4 Å². The van der Waals surface area contributed by atoms with E-state index < -0.39 is 0 Å². The third-order valence-electron chi connectivity index (χ3n) is 6.58. The molecule has 1 aromatic carbocycles. The molecule has 1 aliphatic rings. The first-order valence-electron chi connectivity index (χ1n) is 11.7. The molecule has 0 bridgehead atoms. The molecule has 0 radical (unpaired) electrons. The van der Waals surface area contributed by atoms with Gasteiger partial charge in [0.1, 0.15) is 0 Å². The molecular weight excluding hydrogens is 398 g/mol. The van der Waals surface area contributed by atoms with Crippen molar-refractivity contribution >= 4 is 11.6 Å². The highest BCUT2D eigenvalue weighted by Crippen LogP contribution is 2.29. The van der Waals surface area contributed by atoms with Crippen molar-refractivity contribution in [1.29, 1.82) is 0 Å². The van der Waals surface area contributed by atoms with Crippen LogP contribution in [0.3, 0.4) is 0 Å². The van der Waals surface area contributed by atoms with Gasteiger partial charge in [0, 0.05) is 48.9 Å². The maximum absolute atomic E-state index is 12.1. The van der Waals surface area contributed by atoms with Crippen LogP contribution in [0.2, 0.25) is 0 Å². The van der Waals surface area contributed by atoms with Crippen molar-refractivity contribution in [2.45, 2.75) is 72.4 Å². The van der Waals surface area contributed by atoms with Crippen LogP contribution in [0.25, 0.3) is 5.65 Å². The predicted molar refractivity (Wildman–Crippen MR) is 128 cm³/mol. The van der Waals surface area contributed by atoms with Crippen molar-refractivity contribution < 1.29 is 4.79 Å². The number of aryl methyl sites for hydroxylation is 3. The topological polar surface area (TPSA) is 62.5 Å². The van der Waals surface area contributed by atoms with Gasteiger partial charge in [-0.2, -0.15) is 5.10 Å². The molecule has 0 aliphatic carbocycles. The fraction of sp³-hybridized carbons (Fsp3) is 0.500. The minimum Gasteiger partial charge on any atom is -0.354 e. The van der Waals surface area contributed by atoms with Gasteiger partial charge in [0.05, 0.1) is 5.69 Å². The lowest BCUT2D eigenvalue weighted by molar-refractivity contribution is -0.121. The van der Waals surface area contributed by atoms with Gasteiger partial charge in [-0.15, -0.1) is 0 Å². The largest absolute Gasteiger partial charge is 0.354 e. The Labute approximate surface area is 191 Å². The molecule has 0 unspecified atom stereocenters. The van der Waals surface area contributed by atoms with E-state index in [1.165, 1.54) is 11.1 Å². The Morgan fingerprint density at radius 2 is 2.00 bits per heavy atom. The molecule has 0 spiro atoms. The number of nitrogens with zero attached hydrogens (tertiary/aromatic N) is 4. The van der Waals surface area contributed by atoms with E-state index in [1.54, 1.807) is 0 Å². The molecule has 1 saturated heterocycles. The Bertz CT molecular complexity index is 1120. The molecule has 3 heterocycles. The quantitative estimate of drug-likeness (QED) is 0.609. The third-order valence-corrected chi connectivity index (χ3v) is 6.58. The van der Waals surface area contributed by atoms with Crippen molar-refractivity contribution in [1.82, 2.24) is 24.8 Å². The van der Waals surface area contributed by atoms with Gasteiger partial charge in [-0.3, -0.25) is 9.69 Å². The number of benzene rings is 1. The van der Waals surface area contributed by atoms with Gasteiger partial charge in [0.15, 0.2) is 5.65 Å². The third kappa shape index (κ3) is 4.85. The van der Waals surface area contributed by atoms with Gasteiger partial charge in [-0.25, -0.2) is 9.50 Å². The summed E-state index contributed by atoms with van der Waals surface area (Å²) in [6.45, 7) is 13.4. The molecule has 3 aromatic rings. The van der Waals surface area contributed by atoms with Gasteiger partial charge in [0.2, 0.25) is 5.91 Å². The number of carbonyl (C=O) groups excluding carboxylic acids is 1. The minimum absolute atomic E-state index is 0.0831. The predicted octanol–water partition coefficient (Wildman–Crippen LogP) is 4.10. The Kier molecular flexibility index (Phi) is 6.60. The fourth-order valence-corrected chi connectivity index (χ4v) is 4.78. The first-order chi connectivity index (χ1) is 15.3. The lowest BCUT2D eigenvalue weighted by Gasteiger charge is -2.17. The monoisotopic (exact) mass is 433 g/mol. The summed E-state index contributed by atoms with van der Waals surface area (Å²) in [4.78, 5) is 19.5. The summed E-state index contributed by atoms with van der Waals surface area (Å²) >= 11 is 0. The van der Waals surface area contributed by atoms with Crippen LogP contribution in [0, 0.1) is 20.8 Å². The molecule has 1 N–H and O–H groups in total. The van der Waals surface area contributed by atoms with Crippen LogP contribution in [0.4, 0.5) is 0 Å². The Morgan fingerprint density at radius 1 is 1.22 bits per heavy atom. The van der Waals surface area contributed by atoms with Crippen LogP contribution >= 0.6 is 0 Å². The van der Waals surface area contributed by atoms with Crippen LogP contribution in [-0.4, -0.2) is 44.5 Å². The average Bonchev–Trinajstić information content (AvgIpc) is 3.36. The van der Waals surface area contributed by atoms with Gasteiger partial charge in [-0.1, -0.05) is 24.3 Å². The first-order valence-corrected chi connectivity index (χ1v) is 11.7. The molecule has 170 valence electrons. The zero-order valence-corrected chi connectivity index (χ0v) is 20.0. The van der Waals surface area contributed by atoms with E-state index in [2.05, 4.69) is 54.4 Å². The lowest BCUT2D eigenvalue weighted by Crippen LogP contribution is -2.30. The van der Waals surface area contributed by atoms with Crippen LogP contribution in [-0.2, 0) is 17.8 Å². The van der Waals surface area contributed by atoms with Gasteiger partial charge in [-0.05, 0) is 70.7 Å². The first kappa shape index (κ1) is 22.5. The Morgan fingerprint density at radius 3 is 2.75 bits per heavy atom. The number of hydrogen-bond donors (Lipinski definition) is 1. The normalized spacial score (nSPS) is 16.9. The van der Waals surface area contributed by atoms with Gasteiger partial charge < -0.3 is 5.32 Å². The van der Waals surface area contributed by atoms with E-state index >= 15 is 0 Å². The van der Waals surface area contributed by atoms with Crippen LogP contribution in [0.15, 0.2) is 30.3 Å². The molecule has 6 heteroatoms. The fourth-order valence-electron chi connectivity index (χ4n) is 4.78. The highest BCUT2D eigenvalue weighted by Gasteiger charge is 2.27. The summed E-state index contributed by atoms with van der Waals surface area (Å²) in [6.07, 6.45) is 2.27. The van der Waals surface area contributed by atoms with Crippen molar-refractivity contribution in [3.63, 3.8) is 0 Å². The zero-order chi connectivity index (χ0) is 22.8. The highest BCUT2D eigenvalue weighted by molar-refractivity contribution is 5.76. The van der Waals surface area contributed by atoms with Gasteiger partial charge in [0.25, 0.3) is 0 Å². The second kappa shape index (κ2) is 9.41.